The molecule has 0 aromatic carbocycles. The van der Waals surface area contributed by atoms with E-state index in [0.29, 0.717) is 0 Å². The quantitative estimate of drug-likeness (QED) is 0.419. The van der Waals surface area contributed by atoms with Crippen LogP contribution >= 0.6 is 0 Å². The molecule has 1 rings (SSSR count). The molecule has 1 aliphatic rings. The molecule has 4 nitrogen and oxygen atoms in total. The van der Waals surface area contributed by atoms with Crippen molar-refractivity contribution in [2.45, 2.75) is 37.6 Å². The molecule has 1 saturated heterocycles. The molecule has 5 atom stereocenters. The summed E-state index contributed by atoms with van der Waals surface area (Å²) in [7, 11) is 0. The highest BCUT2D eigenvalue weighted by atomic mass is 19.1. The lowest BCUT2D eigenvalue weighted by Crippen LogP contribution is -2.58. The van der Waals surface area contributed by atoms with Crippen LogP contribution in [0.15, 0.2) is 0 Å². The molecule has 5 heteroatoms. The number of nitrogens with two attached hydrogens (primary N) is 1. The van der Waals surface area contributed by atoms with Crippen molar-refractivity contribution in [2.75, 3.05) is 0 Å². The minimum absolute atomic E-state index is 0.619. The van der Waals surface area contributed by atoms with E-state index in [2.05, 4.69) is 4.74 Å². The smallest absolute Gasteiger partial charge is 0.188 e. The molecular formula is C6H12FNO3. The fourth-order valence-corrected chi connectivity index (χ4v) is 1.07. The molecule has 1 fully saturated rings. The zero-order valence-corrected chi connectivity index (χ0v) is 6.14. The van der Waals surface area contributed by atoms with Crippen LogP contribution in [0, 0.1) is 0 Å². The summed E-state index contributed by atoms with van der Waals surface area (Å²) in [6.45, 7) is 1.53. The van der Waals surface area contributed by atoms with Crippen LogP contribution in [0.3, 0.4) is 0 Å². The number of rotatable bonds is 0. The number of aliphatic hydroxyl groups excluding tert-OH is 2. The van der Waals surface area contributed by atoms with Crippen LogP contribution in [0.25, 0.3) is 0 Å². The molecule has 0 bridgehead atoms. The van der Waals surface area contributed by atoms with Gasteiger partial charge in [0.25, 0.3) is 0 Å². The number of halogens is 1. The van der Waals surface area contributed by atoms with Crippen LogP contribution in [0.1, 0.15) is 6.92 Å². The molecule has 0 aliphatic carbocycles. The monoisotopic (exact) mass is 165 g/mol. The molecule has 1 unspecified atom stereocenters. The van der Waals surface area contributed by atoms with E-state index in [9.17, 15) is 4.39 Å². The normalized spacial score (nSPS) is 52.6. The Labute approximate surface area is 63.8 Å². The van der Waals surface area contributed by atoms with E-state index in [1.54, 1.807) is 0 Å². The molecule has 0 aromatic rings. The summed E-state index contributed by atoms with van der Waals surface area (Å²) in [5, 5.41) is 18.0. The van der Waals surface area contributed by atoms with E-state index in [1.165, 1.54) is 6.92 Å². The Morgan fingerprint density at radius 3 is 2.55 bits per heavy atom. The average Bonchev–Trinajstić information content (AvgIpc) is 1.97. The molecule has 66 valence electrons. The molecule has 1 aliphatic heterocycles. The summed E-state index contributed by atoms with van der Waals surface area (Å²) >= 11 is 0. The van der Waals surface area contributed by atoms with Crippen molar-refractivity contribution in [3.8, 4) is 0 Å². The SMILES string of the molecule is C[C@@H]1O[C@H](O)C(F)[C@@H](N)[C@H]1O. The highest BCUT2D eigenvalue weighted by Gasteiger charge is 2.40. The van der Waals surface area contributed by atoms with E-state index in [0.717, 1.165) is 0 Å². The van der Waals surface area contributed by atoms with Gasteiger partial charge in [0.05, 0.1) is 18.2 Å². The maximum atomic E-state index is 12.7. The second-order valence-electron chi connectivity index (χ2n) is 2.74. The number of hydrogen-bond donors (Lipinski definition) is 3. The number of alkyl halides is 1. The van der Waals surface area contributed by atoms with Gasteiger partial charge < -0.3 is 20.7 Å². The van der Waals surface area contributed by atoms with Gasteiger partial charge in [-0.1, -0.05) is 0 Å². The first-order valence-electron chi connectivity index (χ1n) is 3.45. The Morgan fingerprint density at radius 1 is 1.45 bits per heavy atom. The fraction of sp³-hybridized carbons (Fsp3) is 1.00. The first kappa shape index (κ1) is 8.86. The Kier molecular flexibility index (Phi) is 2.43. The largest absolute Gasteiger partial charge is 0.389 e. The second kappa shape index (κ2) is 3.02. The fourth-order valence-electron chi connectivity index (χ4n) is 1.07. The Hall–Kier alpha value is -0.230. The van der Waals surface area contributed by atoms with Crippen LogP contribution in [0.4, 0.5) is 4.39 Å². The predicted molar refractivity (Wildman–Crippen MR) is 35.4 cm³/mol. The van der Waals surface area contributed by atoms with Gasteiger partial charge in [-0.15, -0.1) is 0 Å². The van der Waals surface area contributed by atoms with Gasteiger partial charge in [-0.3, -0.25) is 0 Å². The summed E-state index contributed by atoms with van der Waals surface area (Å²) in [5.41, 5.74) is 5.24. The third kappa shape index (κ3) is 1.51. The van der Waals surface area contributed by atoms with Crippen LogP contribution in [-0.2, 0) is 4.74 Å². The van der Waals surface area contributed by atoms with Gasteiger partial charge in [-0.05, 0) is 6.92 Å². The van der Waals surface area contributed by atoms with Gasteiger partial charge in [0.15, 0.2) is 12.5 Å². The Morgan fingerprint density at radius 2 is 2.00 bits per heavy atom. The average molecular weight is 165 g/mol. The first-order chi connectivity index (χ1) is 5.04. The molecule has 0 saturated carbocycles. The maximum absolute atomic E-state index is 12.7. The highest BCUT2D eigenvalue weighted by molar-refractivity contribution is 4.89. The zero-order chi connectivity index (χ0) is 8.59. The van der Waals surface area contributed by atoms with Crippen LogP contribution in [0.5, 0.6) is 0 Å². The second-order valence-corrected chi connectivity index (χ2v) is 2.74. The molecule has 4 N–H and O–H groups in total. The van der Waals surface area contributed by atoms with Crippen LogP contribution < -0.4 is 5.73 Å². The summed E-state index contributed by atoms with van der Waals surface area (Å²) in [6.07, 6.45) is -4.88. The lowest BCUT2D eigenvalue weighted by Gasteiger charge is -2.36. The van der Waals surface area contributed by atoms with Gasteiger partial charge in [-0.25, -0.2) is 4.39 Å². The summed E-state index contributed by atoms with van der Waals surface area (Å²) < 4.78 is 17.4. The van der Waals surface area contributed by atoms with Crippen molar-refractivity contribution in [3.05, 3.63) is 0 Å². The summed E-state index contributed by atoms with van der Waals surface area (Å²) in [6, 6.07) is -1.06. The Balaban J connectivity index is 2.63. The van der Waals surface area contributed by atoms with Gasteiger partial charge in [0.1, 0.15) is 0 Å². The van der Waals surface area contributed by atoms with Gasteiger partial charge in [0.2, 0.25) is 0 Å². The maximum Gasteiger partial charge on any atom is 0.188 e. The Bertz CT molecular complexity index is 132. The lowest BCUT2D eigenvalue weighted by atomic mass is 9.99. The molecule has 0 spiro atoms. The van der Waals surface area contributed by atoms with E-state index in [4.69, 9.17) is 15.9 Å². The van der Waals surface area contributed by atoms with Gasteiger partial charge in [0, 0.05) is 0 Å². The van der Waals surface area contributed by atoms with E-state index in [-0.39, 0.29) is 0 Å². The van der Waals surface area contributed by atoms with Crippen LogP contribution in [0.2, 0.25) is 0 Å². The molecule has 0 aromatic heterocycles. The lowest BCUT2D eigenvalue weighted by molar-refractivity contribution is -0.231. The summed E-state index contributed by atoms with van der Waals surface area (Å²) in [5.74, 6) is 0. The minimum Gasteiger partial charge on any atom is -0.389 e. The first-order valence-corrected chi connectivity index (χ1v) is 3.45. The van der Waals surface area contributed by atoms with E-state index < -0.39 is 30.7 Å². The van der Waals surface area contributed by atoms with Crippen molar-refractivity contribution in [1.82, 2.24) is 0 Å². The van der Waals surface area contributed by atoms with Gasteiger partial charge >= 0.3 is 0 Å². The van der Waals surface area contributed by atoms with E-state index in [1.807, 2.05) is 0 Å². The van der Waals surface area contributed by atoms with Crippen molar-refractivity contribution in [1.29, 1.82) is 0 Å². The van der Waals surface area contributed by atoms with E-state index >= 15 is 0 Å². The molecule has 1 heterocycles. The highest BCUT2D eigenvalue weighted by Crippen LogP contribution is 2.19. The van der Waals surface area contributed by atoms with Crippen molar-refractivity contribution >= 4 is 0 Å². The number of aliphatic hydroxyl groups is 2. The third-order valence-electron chi connectivity index (χ3n) is 1.87. The number of ether oxygens (including phenoxy) is 1. The van der Waals surface area contributed by atoms with Crippen molar-refractivity contribution in [3.63, 3.8) is 0 Å². The minimum atomic E-state index is -1.71. The predicted octanol–water partition coefficient (Wildman–Crippen LogP) is -1.25. The van der Waals surface area contributed by atoms with Crippen molar-refractivity contribution < 1.29 is 19.3 Å². The number of hydrogen-bond acceptors (Lipinski definition) is 4. The standard InChI is InChI=1S/C6H12FNO3/c1-2-5(9)4(8)3(7)6(10)11-2/h2-6,9-10H,8H2,1H3/t2-,3?,4+,5-,6-/m0/s1. The molecule has 0 radical (unpaired) electrons. The summed E-state index contributed by atoms with van der Waals surface area (Å²) in [4.78, 5) is 0. The molecular weight excluding hydrogens is 153 g/mol. The van der Waals surface area contributed by atoms with Gasteiger partial charge in [-0.2, -0.15) is 0 Å². The molecule has 0 amide bonds. The van der Waals surface area contributed by atoms with Crippen LogP contribution in [-0.4, -0.2) is 40.9 Å². The molecule has 11 heavy (non-hydrogen) atoms. The third-order valence-corrected chi connectivity index (χ3v) is 1.87. The zero-order valence-electron chi connectivity index (χ0n) is 6.14. The van der Waals surface area contributed by atoms with Crippen molar-refractivity contribution in [2.24, 2.45) is 5.73 Å². The topological polar surface area (TPSA) is 75.7 Å².